The highest BCUT2D eigenvalue weighted by Gasteiger charge is 2.29. The summed E-state index contributed by atoms with van der Waals surface area (Å²) in [7, 11) is -1.32. The van der Waals surface area contributed by atoms with Crippen LogP contribution >= 0.6 is 0 Å². The monoisotopic (exact) mass is 286 g/mol. The maximum Gasteiger partial charge on any atom is 0.489 e. The molecule has 21 heavy (non-hydrogen) atoms. The second-order valence-corrected chi connectivity index (χ2v) is 6.89. The Morgan fingerprint density at radius 2 is 1.14 bits per heavy atom. The summed E-state index contributed by atoms with van der Waals surface area (Å²) in [6.07, 6.45) is 12.6. The fraction of sp³-hybridized carbons (Fsp3) is 0.667. The third-order valence-electron chi connectivity index (χ3n) is 5.52. The van der Waals surface area contributed by atoms with Crippen LogP contribution in [0.5, 0.6) is 0 Å². The van der Waals surface area contributed by atoms with Crippen molar-refractivity contribution in [3.8, 4) is 0 Å². The van der Waals surface area contributed by atoms with Gasteiger partial charge in [0.1, 0.15) is 0 Å². The van der Waals surface area contributed by atoms with Gasteiger partial charge in [-0.15, -0.1) is 0 Å². The largest absolute Gasteiger partial charge is 0.489 e. The molecule has 0 aliphatic heterocycles. The summed E-state index contributed by atoms with van der Waals surface area (Å²) in [5.41, 5.74) is 3.27. The Morgan fingerprint density at radius 1 is 0.714 bits per heavy atom. The molecule has 0 radical (unpaired) electrons. The number of benzene rings is 1. The first-order valence-electron chi connectivity index (χ1n) is 8.76. The van der Waals surface area contributed by atoms with Crippen molar-refractivity contribution in [3.63, 3.8) is 0 Å². The first kappa shape index (κ1) is 15.1. The first-order chi connectivity index (χ1) is 10.3. The van der Waals surface area contributed by atoms with Gasteiger partial charge in [-0.05, 0) is 54.1 Å². The number of hydrogen-bond donors (Lipinski definition) is 2. The Bertz CT molecular complexity index is 424. The lowest BCUT2D eigenvalue weighted by molar-refractivity contribution is 0.414. The molecule has 0 bridgehead atoms. The second kappa shape index (κ2) is 6.98. The SMILES string of the molecule is OB(O)c1c(C2CCCCC2)cccc1C1CCCCC1. The van der Waals surface area contributed by atoms with Crippen molar-refractivity contribution in [2.45, 2.75) is 76.0 Å². The molecule has 0 atom stereocenters. The van der Waals surface area contributed by atoms with Crippen molar-refractivity contribution in [2.24, 2.45) is 0 Å². The van der Waals surface area contributed by atoms with Gasteiger partial charge in [-0.1, -0.05) is 56.7 Å². The van der Waals surface area contributed by atoms with E-state index >= 15 is 0 Å². The molecule has 0 unspecified atom stereocenters. The highest BCUT2D eigenvalue weighted by Crippen LogP contribution is 2.36. The molecule has 1 aromatic rings. The summed E-state index contributed by atoms with van der Waals surface area (Å²) in [4.78, 5) is 0. The average molecular weight is 286 g/mol. The molecule has 0 spiro atoms. The van der Waals surface area contributed by atoms with Crippen molar-refractivity contribution in [1.82, 2.24) is 0 Å². The minimum Gasteiger partial charge on any atom is -0.423 e. The summed E-state index contributed by atoms with van der Waals surface area (Å²) in [5.74, 6) is 1.05. The molecule has 1 aromatic carbocycles. The zero-order valence-corrected chi connectivity index (χ0v) is 12.9. The molecule has 2 nitrogen and oxygen atoms in total. The molecule has 0 amide bonds. The molecule has 3 heteroatoms. The molecular formula is C18H27BO2. The van der Waals surface area contributed by atoms with Gasteiger partial charge in [-0.2, -0.15) is 0 Å². The molecule has 0 saturated heterocycles. The van der Waals surface area contributed by atoms with E-state index in [0.29, 0.717) is 11.8 Å². The molecule has 2 aliphatic carbocycles. The van der Waals surface area contributed by atoms with Crippen LogP contribution in [-0.4, -0.2) is 17.2 Å². The molecule has 0 aromatic heterocycles. The Labute approximate surface area is 128 Å². The predicted molar refractivity (Wildman–Crippen MR) is 87.9 cm³/mol. The molecule has 2 N–H and O–H groups in total. The standard InChI is InChI=1S/C18H27BO2/c20-19(21)18-16(14-8-3-1-4-9-14)12-7-13-17(18)15-10-5-2-6-11-15/h7,12-15,20-21H,1-6,8-11H2. The Kier molecular flexibility index (Phi) is 5.02. The van der Waals surface area contributed by atoms with Gasteiger partial charge in [-0.25, -0.2) is 0 Å². The lowest BCUT2D eigenvalue weighted by atomic mass is 9.65. The van der Waals surface area contributed by atoms with E-state index in [1.54, 1.807) is 0 Å². The maximum atomic E-state index is 10.0. The quantitative estimate of drug-likeness (QED) is 0.835. The fourth-order valence-electron chi connectivity index (χ4n) is 4.44. The van der Waals surface area contributed by atoms with Crippen LogP contribution in [0, 0.1) is 0 Å². The maximum absolute atomic E-state index is 10.0. The lowest BCUT2D eigenvalue weighted by Gasteiger charge is -2.29. The first-order valence-corrected chi connectivity index (χ1v) is 8.76. The van der Waals surface area contributed by atoms with Crippen molar-refractivity contribution in [1.29, 1.82) is 0 Å². The van der Waals surface area contributed by atoms with E-state index in [2.05, 4.69) is 18.2 Å². The summed E-state index contributed by atoms with van der Waals surface area (Å²) in [6, 6.07) is 6.41. The summed E-state index contributed by atoms with van der Waals surface area (Å²) in [5, 5.41) is 20.0. The lowest BCUT2D eigenvalue weighted by Crippen LogP contribution is -2.38. The van der Waals surface area contributed by atoms with Crippen LogP contribution in [0.4, 0.5) is 0 Å². The number of rotatable bonds is 3. The van der Waals surface area contributed by atoms with Gasteiger partial charge in [0, 0.05) is 0 Å². The van der Waals surface area contributed by atoms with Gasteiger partial charge >= 0.3 is 7.12 Å². The highest BCUT2D eigenvalue weighted by atomic mass is 16.4. The van der Waals surface area contributed by atoms with E-state index in [1.165, 1.54) is 75.3 Å². The van der Waals surface area contributed by atoms with Gasteiger partial charge < -0.3 is 10.0 Å². The van der Waals surface area contributed by atoms with Gasteiger partial charge in [0.2, 0.25) is 0 Å². The zero-order chi connectivity index (χ0) is 14.7. The van der Waals surface area contributed by atoms with Crippen LogP contribution in [0.25, 0.3) is 0 Å². The van der Waals surface area contributed by atoms with Gasteiger partial charge in [0.05, 0.1) is 0 Å². The normalized spacial score (nSPS) is 21.4. The topological polar surface area (TPSA) is 40.5 Å². The third-order valence-corrected chi connectivity index (χ3v) is 5.52. The van der Waals surface area contributed by atoms with Crippen LogP contribution in [0.3, 0.4) is 0 Å². The summed E-state index contributed by atoms with van der Waals surface area (Å²) >= 11 is 0. The van der Waals surface area contributed by atoms with Crippen LogP contribution in [0.2, 0.25) is 0 Å². The smallest absolute Gasteiger partial charge is 0.423 e. The molecular weight excluding hydrogens is 259 g/mol. The molecule has 2 aliphatic rings. The molecule has 0 heterocycles. The fourth-order valence-corrected chi connectivity index (χ4v) is 4.44. The van der Waals surface area contributed by atoms with Crippen molar-refractivity contribution >= 4 is 12.6 Å². The molecule has 2 saturated carbocycles. The van der Waals surface area contributed by atoms with E-state index in [0.717, 1.165) is 5.46 Å². The minimum atomic E-state index is -1.32. The van der Waals surface area contributed by atoms with Crippen LogP contribution < -0.4 is 5.46 Å². The van der Waals surface area contributed by atoms with E-state index < -0.39 is 7.12 Å². The second-order valence-electron chi connectivity index (χ2n) is 6.89. The summed E-state index contributed by atoms with van der Waals surface area (Å²) in [6.45, 7) is 0. The predicted octanol–water partition coefficient (Wildman–Crippen LogP) is 3.46. The van der Waals surface area contributed by atoms with Gasteiger partial charge in [0.25, 0.3) is 0 Å². The Hall–Kier alpha value is -0.795. The Morgan fingerprint density at radius 3 is 1.52 bits per heavy atom. The summed E-state index contributed by atoms with van der Waals surface area (Å²) < 4.78 is 0. The minimum absolute atomic E-state index is 0.527. The van der Waals surface area contributed by atoms with Crippen molar-refractivity contribution in [3.05, 3.63) is 29.3 Å². The van der Waals surface area contributed by atoms with Crippen LogP contribution in [0.1, 0.15) is 87.2 Å². The molecule has 2 fully saturated rings. The molecule has 3 rings (SSSR count). The van der Waals surface area contributed by atoms with Crippen molar-refractivity contribution in [2.75, 3.05) is 0 Å². The Balaban J connectivity index is 1.95. The number of hydrogen-bond acceptors (Lipinski definition) is 2. The molecule has 114 valence electrons. The van der Waals surface area contributed by atoms with E-state index in [9.17, 15) is 10.0 Å². The van der Waals surface area contributed by atoms with E-state index in [-0.39, 0.29) is 0 Å². The van der Waals surface area contributed by atoms with Gasteiger partial charge in [0.15, 0.2) is 0 Å². The zero-order valence-electron chi connectivity index (χ0n) is 12.9. The van der Waals surface area contributed by atoms with Crippen LogP contribution in [0.15, 0.2) is 18.2 Å². The third kappa shape index (κ3) is 3.35. The highest BCUT2D eigenvalue weighted by molar-refractivity contribution is 6.59. The van der Waals surface area contributed by atoms with Gasteiger partial charge in [-0.3, -0.25) is 0 Å². The van der Waals surface area contributed by atoms with E-state index in [4.69, 9.17) is 0 Å². The average Bonchev–Trinajstić information content (AvgIpc) is 2.55. The van der Waals surface area contributed by atoms with Crippen molar-refractivity contribution < 1.29 is 10.0 Å². The van der Waals surface area contributed by atoms with Crippen LogP contribution in [-0.2, 0) is 0 Å². The van der Waals surface area contributed by atoms with E-state index in [1.807, 2.05) is 0 Å².